The van der Waals surface area contributed by atoms with Crippen LogP contribution in [0.3, 0.4) is 0 Å². The summed E-state index contributed by atoms with van der Waals surface area (Å²) in [6.45, 7) is 1.98. The smallest absolute Gasteiger partial charge is 0.397 e. The van der Waals surface area contributed by atoms with E-state index in [1.165, 1.54) is 11.3 Å². The normalized spacial score (nSPS) is 10.2. The van der Waals surface area contributed by atoms with E-state index in [4.69, 9.17) is 9.26 Å². The summed E-state index contributed by atoms with van der Waals surface area (Å²) in [6, 6.07) is 0. The SMILES string of the molecule is CCOC(=O)c1nc(-c2cscn2)no1. The molecule has 0 atom stereocenters. The summed E-state index contributed by atoms with van der Waals surface area (Å²) >= 11 is 1.41. The molecule has 6 nitrogen and oxygen atoms in total. The molecule has 2 aromatic heterocycles. The summed E-state index contributed by atoms with van der Waals surface area (Å²) in [6.07, 6.45) is 0. The molecule has 2 aromatic rings. The van der Waals surface area contributed by atoms with Gasteiger partial charge in [0.05, 0.1) is 12.1 Å². The molecule has 0 bridgehead atoms. The third-order valence-electron chi connectivity index (χ3n) is 1.54. The van der Waals surface area contributed by atoms with Crippen molar-refractivity contribution in [3.63, 3.8) is 0 Å². The lowest BCUT2D eigenvalue weighted by atomic mass is 10.5. The summed E-state index contributed by atoms with van der Waals surface area (Å²) in [4.78, 5) is 19.0. The van der Waals surface area contributed by atoms with Gasteiger partial charge in [-0.15, -0.1) is 11.3 Å². The largest absolute Gasteiger partial charge is 0.459 e. The number of carbonyl (C=O) groups is 1. The van der Waals surface area contributed by atoms with E-state index < -0.39 is 5.97 Å². The number of carbonyl (C=O) groups excluding carboxylic acids is 1. The van der Waals surface area contributed by atoms with Crippen LogP contribution in [0.5, 0.6) is 0 Å². The topological polar surface area (TPSA) is 78.1 Å². The second kappa shape index (κ2) is 4.18. The van der Waals surface area contributed by atoms with E-state index in [-0.39, 0.29) is 12.5 Å². The molecule has 0 amide bonds. The molecule has 7 heteroatoms. The third-order valence-corrected chi connectivity index (χ3v) is 2.12. The molecule has 0 saturated carbocycles. The number of nitrogens with zero attached hydrogens (tertiary/aromatic N) is 3. The molecule has 0 fully saturated rings. The zero-order valence-electron chi connectivity index (χ0n) is 7.84. The van der Waals surface area contributed by atoms with Crippen LogP contribution in [0.4, 0.5) is 0 Å². The molecule has 15 heavy (non-hydrogen) atoms. The van der Waals surface area contributed by atoms with Crippen molar-refractivity contribution in [1.82, 2.24) is 15.1 Å². The Kier molecular flexibility index (Phi) is 2.72. The maximum Gasteiger partial charge on any atom is 0.397 e. The molecule has 2 rings (SSSR count). The van der Waals surface area contributed by atoms with E-state index >= 15 is 0 Å². The van der Waals surface area contributed by atoms with E-state index in [2.05, 4.69) is 15.1 Å². The van der Waals surface area contributed by atoms with Gasteiger partial charge in [-0.05, 0) is 6.92 Å². The average molecular weight is 225 g/mol. The number of hydrogen-bond acceptors (Lipinski definition) is 7. The first-order chi connectivity index (χ1) is 7.31. The summed E-state index contributed by atoms with van der Waals surface area (Å²) in [5.74, 6) is -0.481. The molecule has 0 N–H and O–H groups in total. The van der Waals surface area contributed by atoms with Crippen LogP contribution in [-0.2, 0) is 4.74 Å². The fourth-order valence-corrected chi connectivity index (χ4v) is 1.46. The van der Waals surface area contributed by atoms with Gasteiger partial charge < -0.3 is 9.26 Å². The van der Waals surface area contributed by atoms with Crippen molar-refractivity contribution in [2.24, 2.45) is 0 Å². The predicted octanol–water partition coefficient (Wildman–Crippen LogP) is 1.37. The minimum absolute atomic E-state index is 0.153. The lowest BCUT2D eigenvalue weighted by Crippen LogP contribution is -2.04. The number of thiazole rings is 1. The molecule has 0 aromatic carbocycles. The van der Waals surface area contributed by atoms with E-state index in [0.717, 1.165) is 0 Å². The predicted molar refractivity (Wildman–Crippen MR) is 51.4 cm³/mol. The number of hydrogen-bond donors (Lipinski definition) is 0. The van der Waals surface area contributed by atoms with Crippen LogP contribution < -0.4 is 0 Å². The lowest BCUT2D eigenvalue weighted by molar-refractivity contribution is 0.0470. The summed E-state index contributed by atoms with van der Waals surface area (Å²) < 4.78 is 9.44. The van der Waals surface area contributed by atoms with Crippen molar-refractivity contribution in [3.05, 3.63) is 16.8 Å². The maximum absolute atomic E-state index is 11.2. The quantitative estimate of drug-likeness (QED) is 0.734. The van der Waals surface area contributed by atoms with Crippen LogP contribution in [0.2, 0.25) is 0 Å². The number of esters is 1. The van der Waals surface area contributed by atoms with Crippen molar-refractivity contribution in [1.29, 1.82) is 0 Å². The minimum Gasteiger partial charge on any atom is -0.459 e. The maximum atomic E-state index is 11.2. The van der Waals surface area contributed by atoms with Crippen molar-refractivity contribution in [2.75, 3.05) is 6.61 Å². The van der Waals surface area contributed by atoms with Gasteiger partial charge in [-0.2, -0.15) is 4.98 Å². The molecular weight excluding hydrogens is 218 g/mol. The zero-order chi connectivity index (χ0) is 10.7. The molecule has 0 saturated heterocycles. The summed E-state index contributed by atoms with van der Waals surface area (Å²) in [5.41, 5.74) is 2.23. The van der Waals surface area contributed by atoms with Gasteiger partial charge in [0.25, 0.3) is 0 Å². The molecule has 0 spiro atoms. The van der Waals surface area contributed by atoms with Crippen LogP contribution in [0, 0.1) is 0 Å². The lowest BCUT2D eigenvalue weighted by Gasteiger charge is -1.93. The van der Waals surface area contributed by atoms with E-state index in [1.54, 1.807) is 17.8 Å². The van der Waals surface area contributed by atoms with Gasteiger partial charge in [0, 0.05) is 5.38 Å². The van der Waals surface area contributed by atoms with Crippen LogP contribution in [0.1, 0.15) is 17.6 Å². The molecule has 2 heterocycles. The Labute approximate surface area is 88.9 Å². The van der Waals surface area contributed by atoms with Gasteiger partial charge in [0.2, 0.25) is 5.82 Å². The first-order valence-corrected chi connectivity index (χ1v) is 5.15. The Morgan fingerprint density at radius 3 is 3.20 bits per heavy atom. The Morgan fingerprint density at radius 1 is 1.67 bits per heavy atom. The van der Waals surface area contributed by atoms with E-state index in [9.17, 15) is 4.79 Å². The van der Waals surface area contributed by atoms with Gasteiger partial charge in [-0.3, -0.25) is 0 Å². The van der Waals surface area contributed by atoms with Gasteiger partial charge in [-0.1, -0.05) is 5.16 Å². The van der Waals surface area contributed by atoms with Crippen molar-refractivity contribution < 1.29 is 14.1 Å². The van der Waals surface area contributed by atoms with Crippen LogP contribution in [-0.4, -0.2) is 27.7 Å². The van der Waals surface area contributed by atoms with Crippen LogP contribution >= 0.6 is 11.3 Å². The number of ether oxygens (including phenoxy) is 1. The van der Waals surface area contributed by atoms with Crippen molar-refractivity contribution in [3.8, 4) is 11.5 Å². The van der Waals surface area contributed by atoms with Crippen molar-refractivity contribution in [2.45, 2.75) is 6.92 Å². The Balaban J connectivity index is 2.21. The Morgan fingerprint density at radius 2 is 2.53 bits per heavy atom. The molecule has 0 unspecified atom stereocenters. The second-order valence-electron chi connectivity index (χ2n) is 2.52. The number of aromatic nitrogens is 3. The monoisotopic (exact) mass is 225 g/mol. The molecule has 0 radical (unpaired) electrons. The van der Waals surface area contributed by atoms with Gasteiger partial charge >= 0.3 is 11.9 Å². The summed E-state index contributed by atoms with van der Waals surface area (Å²) in [5, 5.41) is 5.38. The van der Waals surface area contributed by atoms with Crippen LogP contribution in [0.15, 0.2) is 15.4 Å². The van der Waals surface area contributed by atoms with Crippen LogP contribution in [0.25, 0.3) is 11.5 Å². The van der Waals surface area contributed by atoms with Gasteiger partial charge in [-0.25, -0.2) is 9.78 Å². The first kappa shape index (κ1) is 9.78. The van der Waals surface area contributed by atoms with Gasteiger partial charge in [0.1, 0.15) is 5.69 Å². The first-order valence-electron chi connectivity index (χ1n) is 4.20. The molecule has 0 aliphatic rings. The van der Waals surface area contributed by atoms with Crippen molar-refractivity contribution >= 4 is 17.3 Å². The highest BCUT2D eigenvalue weighted by Crippen LogP contribution is 2.15. The summed E-state index contributed by atoms with van der Waals surface area (Å²) in [7, 11) is 0. The van der Waals surface area contributed by atoms with E-state index in [1.807, 2.05) is 0 Å². The molecular formula is C8H7N3O3S. The van der Waals surface area contributed by atoms with Gasteiger partial charge in [0.15, 0.2) is 0 Å². The third kappa shape index (κ3) is 2.01. The highest BCUT2D eigenvalue weighted by Gasteiger charge is 2.17. The average Bonchev–Trinajstić information content (AvgIpc) is 2.89. The second-order valence-corrected chi connectivity index (χ2v) is 3.24. The minimum atomic E-state index is -0.619. The highest BCUT2D eigenvalue weighted by molar-refractivity contribution is 7.07. The zero-order valence-corrected chi connectivity index (χ0v) is 8.65. The highest BCUT2D eigenvalue weighted by atomic mass is 32.1. The molecule has 0 aliphatic carbocycles. The molecule has 78 valence electrons. The van der Waals surface area contributed by atoms with E-state index in [0.29, 0.717) is 11.5 Å². The molecule has 0 aliphatic heterocycles. The Bertz CT molecular complexity index is 451. The standard InChI is InChI=1S/C8H7N3O3S/c1-2-13-8(12)7-10-6(11-14-7)5-3-15-4-9-5/h3-4H,2H2,1H3. The fraction of sp³-hybridized carbons (Fsp3) is 0.250. The Hall–Kier alpha value is -1.76. The fourth-order valence-electron chi connectivity index (χ4n) is 0.926. The number of rotatable bonds is 3.